The molecule has 0 fully saturated rings. The fraction of sp³-hybridized carbons (Fsp3) is 0.357. The van der Waals surface area contributed by atoms with Crippen LogP contribution in [0, 0.1) is 13.8 Å². The van der Waals surface area contributed by atoms with E-state index in [1.807, 2.05) is 6.92 Å². The van der Waals surface area contributed by atoms with Crippen LogP contribution in [0.25, 0.3) is 0 Å². The maximum Gasteiger partial charge on any atom is 0.240 e. The summed E-state index contributed by atoms with van der Waals surface area (Å²) in [5.41, 5.74) is 2.69. The quantitative estimate of drug-likeness (QED) is 0.801. The minimum absolute atomic E-state index is 0.231. The van der Waals surface area contributed by atoms with Crippen LogP contribution in [-0.4, -0.2) is 25.2 Å². The number of rotatable bonds is 6. The molecule has 2 rings (SSSR count). The van der Waals surface area contributed by atoms with Crippen molar-refractivity contribution in [3.05, 3.63) is 46.2 Å². The van der Waals surface area contributed by atoms with E-state index in [1.54, 1.807) is 31.3 Å². The molecule has 0 unspecified atom stereocenters. The van der Waals surface area contributed by atoms with E-state index in [9.17, 15) is 8.42 Å². The molecule has 7 heteroatoms. The van der Waals surface area contributed by atoms with Gasteiger partial charge in [-0.1, -0.05) is 17.7 Å². The Labute approximate surface area is 129 Å². The SMILES string of the molecule is Cc1[nH]ncc1CCCNS(=O)(=O)c1cccc(Cl)c1C. The van der Waals surface area contributed by atoms with Crippen LogP contribution >= 0.6 is 11.6 Å². The molecule has 21 heavy (non-hydrogen) atoms. The maximum absolute atomic E-state index is 12.2. The minimum Gasteiger partial charge on any atom is -0.283 e. The molecule has 0 bridgehead atoms. The molecule has 1 heterocycles. The van der Waals surface area contributed by atoms with Gasteiger partial charge in [-0.3, -0.25) is 5.10 Å². The zero-order chi connectivity index (χ0) is 15.5. The highest BCUT2D eigenvalue weighted by atomic mass is 35.5. The van der Waals surface area contributed by atoms with E-state index in [0.717, 1.165) is 17.7 Å². The van der Waals surface area contributed by atoms with Gasteiger partial charge in [0, 0.05) is 17.3 Å². The summed E-state index contributed by atoms with van der Waals surface area (Å²) >= 11 is 5.96. The molecule has 0 aliphatic carbocycles. The molecule has 0 amide bonds. The third-order valence-electron chi connectivity index (χ3n) is 3.36. The summed E-state index contributed by atoms with van der Waals surface area (Å²) in [6, 6.07) is 4.88. The first-order chi connectivity index (χ1) is 9.92. The Morgan fingerprint density at radius 1 is 1.33 bits per heavy atom. The number of hydrogen-bond donors (Lipinski definition) is 2. The Hall–Kier alpha value is -1.37. The standard InChI is InChI=1S/C14H18ClN3O2S/c1-10-13(15)6-3-7-14(10)21(19,20)17-8-4-5-12-9-16-18-11(12)2/h3,6-7,9,17H,4-5,8H2,1-2H3,(H,16,18). The summed E-state index contributed by atoms with van der Waals surface area (Å²) < 4.78 is 27.1. The van der Waals surface area contributed by atoms with E-state index >= 15 is 0 Å². The Morgan fingerprint density at radius 3 is 2.76 bits per heavy atom. The summed E-state index contributed by atoms with van der Waals surface area (Å²) in [5.74, 6) is 0. The van der Waals surface area contributed by atoms with Crippen LogP contribution < -0.4 is 4.72 Å². The number of aryl methyl sites for hydroxylation is 2. The highest BCUT2D eigenvalue weighted by Crippen LogP contribution is 2.22. The number of sulfonamides is 1. The second-order valence-electron chi connectivity index (χ2n) is 4.88. The molecule has 1 aromatic carbocycles. The van der Waals surface area contributed by atoms with Crippen molar-refractivity contribution in [3.8, 4) is 0 Å². The van der Waals surface area contributed by atoms with E-state index in [-0.39, 0.29) is 4.90 Å². The molecule has 5 nitrogen and oxygen atoms in total. The summed E-state index contributed by atoms with van der Waals surface area (Å²) in [6.07, 6.45) is 3.25. The summed E-state index contributed by atoms with van der Waals surface area (Å²) in [7, 11) is -3.52. The van der Waals surface area contributed by atoms with Crippen LogP contribution in [0.2, 0.25) is 5.02 Å². The van der Waals surface area contributed by atoms with Crippen molar-refractivity contribution in [1.29, 1.82) is 0 Å². The van der Waals surface area contributed by atoms with Crippen molar-refractivity contribution in [1.82, 2.24) is 14.9 Å². The summed E-state index contributed by atoms with van der Waals surface area (Å²) in [6.45, 7) is 4.02. The highest BCUT2D eigenvalue weighted by Gasteiger charge is 2.17. The molecular weight excluding hydrogens is 310 g/mol. The van der Waals surface area contributed by atoms with Gasteiger partial charge in [0.25, 0.3) is 0 Å². The Kier molecular flexibility index (Phi) is 5.03. The lowest BCUT2D eigenvalue weighted by Gasteiger charge is -2.10. The number of hydrogen-bond acceptors (Lipinski definition) is 3. The van der Waals surface area contributed by atoms with E-state index in [2.05, 4.69) is 14.9 Å². The van der Waals surface area contributed by atoms with Crippen LogP contribution in [0.15, 0.2) is 29.3 Å². The van der Waals surface area contributed by atoms with Gasteiger partial charge in [0.05, 0.1) is 11.1 Å². The van der Waals surface area contributed by atoms with Gasteiger partial charge in [-0.05, 0) is 49.9 Å². The topological polar surface area (TPSA) is 74.8 Å². The van der Waals surface area contributed by atoms with Crippen molar-refractivity contribution >= 4 is 21.6 Å². The average molecular weight is 328 g/mol. The van der Waals surface area contributed by atoms with Crippen molar-refractivity contribution in [2.45, 2.75) is 31.6 Å². The monoisotopic (exact) mass is 327 g/mol. The number of nitrogens with zero attached hydrogens (tertiary/aromatic N) is 1. The van der Waals surface area contributed by atoms with Crippen LogP contribution in [0.5, 0.6) is 0 Å². The molecule has 0 aliphatic rings. The average Bonchev–Trinajstić information content (AvgIpc) is 2.83. The van der Waals surface area contributed by atoms with Crippen LogP contribution in [0.4, 0.5) is 0 Å². The normalized spacial score (nSPS) is 11.8. The molecule has 2 aromatic rings. The van der Waals surface area contributed by atoms with Crippen LogP contribution in [0.3, 0.4) is 0 Å². The molecule has 2 N–H and O–H groups in total. The first kappa shape index (κ1) is 16.0. The van der Waals surface area contributed by atoms with E-state index in [4.69, 9.17) is 11.6 Å². The zero-order valence-corrected chi connectivity index (χ0v) is 13.6. The molecule has 0 aliphatic heterocycles. The van der Waals surface area contributed by atoms with Crippen LogP contribution in [0.1, 0.15) is 23.2 Å². The Morgan fingerprint density at radius 2 is 2.10 bits per heavy atom. The summed E-state index contributed by atoms with van der Waals surface area (Å²) in [4.78, 5) is 0.231. The second kappa shape index (κ2) is 6.60. The zero-order valence-electron chi connectivity index (χ0n) is 12.0. The number of H-pyrrole nitrogens is 1. The van der Waals surface area contributed by atoms with Gasteiger partial charge in [0.2, 0.25) is 10.0 Å². The number of aromatic amines is 1. The number of nitrogens with one attached hydrogen (secondary N) is 2. The lowest BCUT2D eigenvalue weighted by atomic mass is 10.1. The fourth-order valence-electron chi connectivity index (χ4n) is 2.07. The molecule has 114 valence electrons. The predicted molar refractivity (Wildman–Crippen MR) is 83.0 cm³/mol. The lowest BCUT2D eigenvalue weighted by molar-refractivity contribution is 0.578. The second-order valence-corrected chi connectivity index (χ2v) is 7.03. The molecule has 0 radical (unpaired) electrons. The minimum atomic E-state index is -3.52. The van der Waals surface area contributed by atoms with Gasteiger partial charge in [0.15, 0.2) is 0 Å². The first-order valence-corrected chi connectivity index (χ1v) is 8.51. The Balaban J connectivity index is 1.96. The number of halogens is 1. The van der Waals surface area contributed by atoms with Gasteiger partial charge >= 0.3 is 0 Å². The summed E-state index contributed by atoms with van der Waals surface area (Å²) in [5, 5.41) is 7.25. The maximum atomic E-state index is 12.2. The molecule has 0 saturated heterocycles. The van der Waals surface area contributed by atoms with Gasteiger partial charge < -0.3 is 0 Å². The third kappa shape index (κ3) is 3.84. The van der Waals surface area contributed by atoms with Crippen molar-refractivity contribution < 1.29 is 8.42 Å². The predicted octanol–water partition coefficient (Wildman–Crippen LogP) is 2.59. The van der Waals surface area contributed by atoms with Crippen molar-refractivity contribution in [2.24, 2.45) is 0 Å². The largest absolute Gasteiger partial charge is 0.283 e. The van der Waals surface area contributed by atoms with Crippen molar-refractivity contribution in [2.75, 3.05) is 6.54 Å². The van der Waals surface area contributed by atoms with E-state index in [0.29, 0.717) is 23.6 Å². The van der Waals surface area contributed by atoms with Gasteiger partial charge in [-0.25, -0.2) is 13.1 Å². The van der Waals surface area contributed by atoms with Gasteiger partial charge in [-0.2, -0.15) is 5.10 Å². The molecule has 1 aromatic heterocycles. The molecular formula is C14H18ClN3O2S. The van der Waals surface area contributed by atoms with Crippen LogP contribution in [-0.2, 0) is 16.4 Å². The smallest absolute Gasteiger partial charge is 0.240 e. The Bertz CT molecular complexity index is 726. The van der Waals surface area contributed by atoms with Crippen molar-refractivity contribution in [3.63, 3.8) is 0 Å². The van der Waals surface area contributed by atoms with Gasteiger partial charge in [-0.15, -0.1) is 0 Å². The lowest BCUT2D eigenvalue weighted by Crippen LogP contribution is -2.25. The molecule has 0 atom stereocenters. The number of benzene rings is 1. The first-order valence-electron chi connectivity index (χ1n) is 6.65. The fourth-order valence-corrected chi connectivity index (χ4v) is 3.64. The molecule has 0 saturated carbocycles. The molecule has 0 spiro atoms. The number of aromatic nitrogens is 2. The van der Waals surface area contributed by atoms with E-state index < -0.39 is 10.0 Å². The van der Waals surface area contributed by atoms with E-state index in [1.165, 1.54) is 0 Å². The highest BCUT2D eigenvalue weighted by molar-refractivity contribution is 7.89. The van der Waals surface area contributed by atoms with Gasteiger partial charge in [0.1, 0.15) is 0 Å². The third-order valence-corrected chi connectivity index (χ3v) is 5.37.